The third-order valence-corrected chi connectivity index (χ3v) is 6.34. The number of methoxy groups -OCH3 is 1. The van der Waals surface area contributed by atoms with E-state index in [1.54, 1.807) is 0 Å². The van der Waals surface area contributed by atoms with Gasteiger partial charge in [-0.3, -0.25) is 4.90 Å². The molecule has 3 heterocycles. The number of hydrogen-bond donors (Lipinski definition) is 2. The van der Waals surface area contributed by atoms with Gasteiger partial charge >= 0.3 is 5.97 Å². The lowest BCUT2D eigenvalue weighted by Gasteiger charge is -2.32. The minimum Gasteiger partial charge on any atom is -0.464 e. The molecular formula is C14H23ClN4O4S. The van der Waals surface area contributed by atoms with Crippen molar-refractivity contribution in [2.75, 3.05) is 46.4 Å². The first-order chi connectivity index (χ1) is 11.0. The van der Waals surface area contributed by atoms with Crippen LogP contribution in [0.4, 0.5) is 0 Å². The number of aromatic nitrogens is 1. The summed E-state index contributed by atoms with van der Waals surface area (Å²) >= 11 is 0. The maximum absolute atomic E-state index is 12.7. The number of sulfonamides is 1. The summed E-state index contributed by atoms with van der Waals surface area (Å²) < 4.78 is 31.5. The van der Waals surface area contributed by atoms with Crippen molar-refractivity contribution < 1.29 is 17.9 Å². The van der Waals surface area contributed by atoms with E-state index >= 15 is 0 Å². The van der Waals surface area contributed by atoms with E-state index in [1.807, 2.05) is 0 Å². The van der Waals surface area contributed by atoms with E-state index in [0.717, 1.165) is 32.6 Å². The number of piperazine rings is 1. The number of halogens is 1. The van der Waals surface area contributed by atoms with Crippen molar-refractivity contribution in [3.05, 3.63) is 18.0 Å². The number of carbonyl (C=O) groups excluding carboxylic acids is 1. The van der Waals surface area contributed by atoms with Crippen LogP contribution in [0.1, 0.15) is 16.9 Å². The summed E-state index contributed by atoms with van der Waals surface area (Å²) in [5, 5.41) is 3.30. The molecule has 2 aliphatic heterocycles. The van der Waals surface area contributed by atoms with Gasteiger partial charge in [-0.15, -0.1) is 12.4 Å². The Morgan fingerprint density at radius 2 is 2.00 bits per heavy atom. The van der Waals surface area contributed by atoms with E-state index < -0.39 is 16.0 Å². The Morgan fingerprint density at radius 1 is 1.29 bits per heavy atom. The van der Waals surface area contributed by atoms with Gasteiger partial charge in [-0.1, -0.05) is 0 Å². The van der Waals surface area contributed by atoms with Gasteiger partial charge in [-0.05, 0) is 12.5 Å². The van der Waals surface area contributed by atoms with Gasteiger partial charge in [0.1, 0.15) is 10.6 Å². The molecule has 0 radical (unpaired) electrons. The summed E-state index contributed by atoms with van der Waals surface area (Å²) in [6.45, 7) is 4.81. The van der Waals surface area contributed by atoms with E-state index in [1.165, 1.54) is 23.7 Å². The Labute approximate surface area is 148 Å². The number of H-pyrrole nitrogens is 1. The molecule has 2 fully saturated rings. The highest BCUT2D eigenvalue weighted by atomic mass is 35.5. The van der Waals surface area contributed by atoms with Crippen LogP contribution in [0.2, 0.25) is 0 Å². The number of rotatable bonds is 4. The van der Waals surface area contributed by atoms with Gasteiger partial charge in [0.15, 0.2) is 0 Å². The highest BCUT2D eigenvalue weighted by Crippen LogP contribution is 2.24. The number of esters is 1. The largest absolute Gasteiger partial charge is 0.464 e. The molecule has 10 heteroatoms. The van der Waals surface area contributed by atoms with Crippen LogP contribution < -0.4 is 5.32 Å². The van der Waals surface area contributed by atoms with Gasteiger partial charge in [0, 0.05) is 51.5 Å². The average molecular weight is 379 g/mol. The van der Waals surface area contributed by atoms with Crippen LogP contribution in [0.5, 0.6) is 0 Å². The highest BCUT2D eigenvalue weighted by molar-refractivity contribution is 7.89. The van der Waals surface area contributed by atoms with E-state index in [0.29, 0.717) is 13.1 Å². The van der Waals surface area contributed by atoms with Crippen molar-refractivity contribution >= 4 is 28.4 Å². The lowest BCUT2D eigenvalue weighted by atomic mass is 10.2. The van der Waals surface area contributed by atoms with Crippen molar-refractivity contribution in [1.29, 1.82) is 0 Å². The molecule has 0 amide bonds. The zero-order chi connectivity index (χ0) is 16.4. The Kier molecular flexibility index (Phi) is 6.27. The van der Waals surface area contributed by atoms with E-state index in [4.69, 9.17) is 0 Å². The molecule has 136 valence electrons. The van der Waals surface area contributed by atoms with Gasteiger partial charge in [-0.2, -0.15) is 4.31 Å². The lowest BCUT2D eigenvalue weighted by molar-refractivity contribution is 0.0594. The predicted molar refractivity (Wildman–Crippen MR) is 91.0 cm³/mol. The van der Waals surface area contributed by atoms with Gasteiger partial charge in [0.2, 0.25) is 10.0 Å². The van der Waals surface area contributed by atoms with Gasteiger partial charge < -0.3 is 15.0 Å². The lowest BCUT2D eigenvalue weighted by Crippen LogP contribution is -2.49. The molecule has 1 aromatic heterocycles. The maximum atomic E-state index is 12.7. The number of aromatic amines is 1. The fourth-order valence-corrected chi connectivity index (χ4v) is 4.66. The summed E-state index contributed by atoms with van der Waals surface area (Å²) in [6.07, 6.45) is 2.19. The number of nitrogens with one attached hydrogen (secondary N) is 2. The third kappa shape index (κ3) is 3.75. The Balaban J connectivity index is 0.00000208. The molecule has 0 saturated carbocycles. The summed E-state index contributed by atoms with van der Waals surface area (Å²) in [5.74, 6) is -0.577. The normalized spacial score (nSPS) is 23.0. The van der Waals surface area contributed by atoms with Crippen LogP contribution >= 0.6 is 12.4 Å². The molecule has 1 atom stereocenters. The topological polar surface area (TPSA) is 94.7 Å². The second kappa shape index (κ2) is 7.83. The van der Waals surface area contributed by atoms with Crippen molar-refractivity contribution in [1.82, 2.24) is 19.5 Å². The van der Waals surface area contributed by atoms with Gasteiger partial charge in [-0.25, -0.2) is 13.2 Å². The zero-order valence-electron chi connectivity index (χ0n) is 13.5. The summed E-state index contributed by atoms with van der Waals surface area (Å²) in [4.78, 5) is 16.6. The standard InChI is InChI=1S/C14H22N4O4S.ClH/c1-22-14(19)13-8-12(9-16-13)23(20,21)18-5-2-11(10-18)17-6-3-15-4-7-17;/h8-9,11,15-16H,2-7,10H2,1H3;1H. The fraction of sp³-hybridized carbons (Fsp3) is 0.643. The van der Waals surface area contributed by atoms with E-state index in [2.05, 4.69) is 19.9 Å². The van der Waals surface area contributed by atoms with Crippen LogP contribution in [0.3, 0.4) is 0 Å². The third-order valence-electron chi connectivity index (χ3n) is 4.49. The van der Waals surface area contributed by atoms with Crippen molar-refractivity contribution in [2.24, 2.45) is 0 Å². The fourth-order valence-electron chi connectivity index (χ4n) is 3.17. The molecule has 0 spiro atoms. The Bertz CT molecular complexity index is 672. The SMILES string of the molecule is COC(=O)c1cc(S(=O)(=O)N2CCC(N3CCNCC3)C2)c[nH]1.Cl. The smallest absolute Gasteiger partial charge is 0.354 e. The molecule has 2 aliphatic rings. The minimum absolute atomic E-state index is 0. The number of carbonyl (C=O) groups is 1. The zero-order valence-corrected chi connectivity index (χ0v) is 15.2. The molecule has 3 rings (SSSR count). The van der Waals surface area contributed by atoms with Crippen molar-refractivity contribution in [2.45, 2.75) is 17.4 Å². The molecule has 1 unspecified atom stereocenters. The molecule has 8 nitrogen and oxygen atoms in total. The summed E-state index contributed by atoms with van der Waals surface area (Å²) in [6, 6.07) is 1.60. The van der Waals surface area contributed by atoms with Gasteiger partial charge in [0.05, 0.1) is 7.11 Å². The van der Waals surface area contributed by atoms with Crippen LogP contribution in [-0.4, -0.2) is 81.0 Å². The molecule has 1 aromatic rings. The average Bonchev–Trinajstić information content (AvgIpc) is 3.25. The van der Waals surface area contributed by atoms with Crippen molar-refractivity contribution in [3.8, 4) is 0 Å². The molecule has 2 N–H and O–H groups in total. The summed E-state index contributed by atoms with van der Waals surface area (Å²) in [5.41, 5.74) is 0.143. The van der Waals surface area contributed by atoms with Crippen LogP contribution in [-0.2, 0) is 14.8 Å². The van der Waals surface area contributed by atoms with Crippen LogP contribution in [0, 0.1) is 0 Å². The molecule has 0 aromatic carbocycles. The van der Waals surface area contributed by atoms with Gasteiger partial charge in [0.25, 0.3) is 0 Å². The van der Waals surface area contributed by atoms with E-state index in [-0.39, 0.29) is 29.0 Å². The van der Waals surface area contributed by atoms with Crippen LogP contribution in [0.15, 0.2) is 17.2 Å². The molecule has 0 aliphatic carbocycles. The highest BCUT2D eigenvalue weighted by Gasteiger charge is 2.36. The van der Waals surface area contributed by atoms with E-state index in [9.17, 15) is 13.2 Å². The van der Waals surface area contributed by atoms with Crippen molar-refractivity contribution in [3.63, 3.8) is 0 Å². The quantitative estimate of drug-likeness (QED) is 0.710. The number of nitrogens with zero attached hydrogens (tertiary/aromatic N) is 2. The van der Waals surface area contributed by atoms with Crippen LogP contribution in [0.25, 0.3) is 0 Å². The Hall–Kier alpha value is -1.13. The minimum atomic E-state index is -3.58. The second-order valence-electron chi connectivity index (χ2n) is 5.83. The summed E-state index contributed by atoms with van der Waals surface area (Å²) in [7, 11) is -2.32. The monoisotopic (exact) mass is 378 g/mol. The molecule has 2 saturated heterocycles. The number of ether oxygens (including phenoxy) is 1. The molecule has 0 bridgehead atoms. The molecular weight excluding hydrogens is 356 g/mol. The predicted octanol–water partition coefficient (Wildman–Crippen LogP) is -0.109. The maximum Gasteiger partial charge on any atom is 0.354 e. The first-order valence-corrected chi connectivity index (χ1v) is 9.18. The Morgan fingerprint density at radius 3 is 2.67 bits per heavy atom. The molecule has 24 heavy (non-hydrogen) atoms. The second-order valence-corrected chi connectivity index (χ2v) is 7.77. The number of hydrogen-bond acceptors (Lipinski definition) is 6. The first kappa shape index (κ1) is 19.2. The first-order valence-electron chi connectivity index (χ1n) is 7.74.